The number of aliphatic hydroxyl groups excluding tert-OH is 3. The normalized spacial score (nSPS) is 21.7. The fourth-order valence-corrected chi connectivity index (χ4v) is 6.58. The zero-order valence-electron chi connectivity index (χ0n) is 28.0. The van der Waals surface area contributed by atoms with Gasteiger partial charge in [-0.05, 0) is 18.2 Å². The number of rotatable bonds is 9. The lowest BCUT2D eigenvalue weighted by atomic mass is 9.77. The number of aliphatic hydroxyl groups is 4. The Morgan fingerprint density at radius 3 is 1.91 bits per heavy atom. The monoisotopic (exact) mass is 811 g/mol. The number of carbonyl (C=O) groups excluding carboxylic acids is 2. The van der Waals surface area contributed by atoms with Gasteiger partial charge < -0.3 is 70.2 Å². The predicted molar refractivity (Wildman–Crippen MR) is 181 cm³/mol. The van der Waals surface area contributed by atoms with Crippen molar-refractivity contribution in [1.29, 1.82) is 0 Å². The lowest BCUT2D eigenvalue weighted by Gasteiger charge is -2.42. The van der Waals surface area contributed by atoms with Gasteiger partial charge in [-0.1, -0.05) is 35.3 Å². The maximum Gasteiger partial charge on any atom is 0.343 e. The number of carboxylic acid groups (broad SMARTS) is 3. The number of amides is 1. The number of phenolic OH excluding ortho intramolecular Hbond substituents is 2. The van der Waals surface area contributed by atoms with E-state index in [-0.39, 0.29) is 61.0 Å². The van der Waals surface area contributed by atoms with Crippen LogP contribution < -0.4 is 14.8 Å². The van der Waals surface area contributed by atoms with Crippen LogP contribution in [-0.4, -0.2) is 119 Å². The van der Waals surface area contributed by atoms with Crippen molar-refractivity contribution in [2.75, 3.05) is 6.61 Å². The zero-order chi connectivity index (χ0) is 40.7. The van der Waals surface area contributed by atoms with E-state index in [1.807, 2.05) is 0 Å². The van der Waals surface area contributed by atoms with Crippen LogP contribution in [0.1, 0.15) is 46.8 Å². The van der Waals surface area contributed by atoms with E-state index in [4.69, 9.17) is 62.6 Å². The van der Waals surface area contributed by atoms with Crippen molar-refractivity contribution in [3.8, 4) is 28.7 Å². The number of benzene rings is 3. The molecule has 10 N–H and O–H groups in total. The largest absolute Gasteiger partial charge is 0.506 e. The van der Waals surface area contributed by atoms with Gasteiger partial charge >= 0.3 is 23.9 Å². The predicted octanol–water partition coefficient (Wildman–Crippen LogP) is 1.05. The molecule has 0 bridgehead atoms. The minimum Gasteiger partial charge on any atom is -0.506 e. The number of hydrogen-bond donors (Lipinski definition) is 10. The molecule has 3 heterocycles. The van der Waals surface area contributed by atoms with Gasteiger partial charge in [0.15, 0.2) is 11.2 Å². The molecule has 1 amide bonds. The van der Waals surface area contributed by atoms with Crippen molar-refractivity contribution in [2.45, 2.75) is 61.6 Å². The first-order valence-electron chi connectivity index (χ1n) is 15.8. The highest BCUT2D eigenvalue weighted by molar-refractivity contribution is 6.32. The van der Waals surface area contributed by atoms with Gasteiger partial charge in [0.2, 0.25) is 12.2 Å². The first kappa shape index (κ1) is 40.8. The third-order valence-corrected chi connectivity index (χ3v) is 9.32. The maximum atomic E-state index is 13.7. The van der Waals surface area contributed by atoms with Gasteiger partial charge in [-0.15, -0.1) is 0 Å². The van der Waals surface area contributed by atoms with Crippen LogP contribution in [0.5, 0.6) is 28.7 Å². The number of hydrogen-bond acceptors (Lipinski definition) is 15. The molecule has 0 unspecified atom stereocenters. The molecule has 3 aliphatic heterocycles. The third-order valence-electron chi connectivity index (χ3n) is 8.71. The third kappa shape index (κ3) is 7.63. The fourth-order valence-electron chi connectivity index (χ4n) is 6.26. The molecule has 0 radical (unpaired) electrons. The minimum absolute atomic E-state index is 0.0571. The molecule has 21 heteroatoms. The molecule has 6 rings (SSSR count). The van der Waals surface area contributed by atoms with Crippen LogP contribution in [0.4, 0.5) is 0 Å². The van der Waals surface area contributed by atoms with Crippen molar-refractivity contribution in [3.05, 3.63) is 74.8 Å². The quantitative estimate of drug-likeness (QED) is 0.135. The molecular weight excluding hydrogens is 781 g/mol. The molecule has 3 aromatic carbocycles. The first-order valence-corrected chi connectivity index (χ1v) is 16.6. The molecule has 0 aliphatic carbocycles. The van der Waals surface area contributed by atoms with Crippen LogP contribution >= 0.6 is 23.2 Å². The Kier molecular flexibility index (Phi) is 11.4. The Hall–Kier alpha value is -5.41. The Balaban J connectivity index is 0.000000384. The summed E-state index contributed by atoms with van der Waals surface area (Å²) in [5.74, 6) is -6.92. The summed E-state index contributed by atoms with van der Waals surface area (Å²) in [5, 5.41) is 87.5. The van der Waals surface area contributed by atoms with Gasteiger partial charge in [0.1, 0.15) is 58.7 Å². The average molecular weight is 813 g/mol. The number of halogens is 2. The van der Waals surface area contributed by atoms with Crippen molar-refractivity contribution >= 4 is 53.0 Å². The smallest absolute Gasteiger partial charge is 0.343 e. The van der Waals surface area contributed by atoms with E-state index >= 15 is 0 Å². The molecule has 3 aliphatic rings. The van der Waals surface area contributed by atoms with E-state index in [2.05, 4.69) is 5.32 Å². The minimum atomic E-state index is -2.74. The number of aliphatic carboxylic acids is 3. The fraction of sp³-hybridized carbons (Fsp3) is 0.324. The molecule has 1 fully saturated rings. The number of ether oxygens (including phenoxy) is 4. The van der Waals surface area contributed by atoms with E-state index in [0.29, 0.717) is 0 Å². The van der Waals surface area contributed by atoms with E-state index < -0.39 is 91.1 Å². The Bertz CT molecular complexity index is 2000. The summed E-state index contributed by atoms with van der Waals surface area (Å²) in [6.07, 6.45) is -8.13. The second-order valence-corrected chi connectivity index (χ2v) is 13.3. The highest BCUT2D eigenvalue weighted by Crippen LogP contribution is 2.59. The molecule has 0 saturated carbocycles. The van der Waals surface area contributed by atoms with Crippen LogP contribution in [0.25, 0.3) is 0 Å². The Labute approximate surface area is 318 Å². The number of nitrogens with one attached hydrogen (secondary N) is 1. The van der Waals surface area contributed by atoms with Crippen molar-refractivity contribution in [1.82, 2.24) is 5.32 Å². The molecule has 1 spiro atoms. The maximum absolute atomic E-state index is 13.7. The van der Waals surface area contributed by atoms with Gasteiger partial charge in [0.25, 0.3) is 0 Å². The second kappa shape index (κ2) is 15.4. The molecule has 19 nitrogen and oxygen atoms in total. The average Bonchev–Trinajstić information content (AvgIpc) is 3.39. The molecule has 1 saturated heterocycles. The summed E-state index contributed by atoms with van der Waals surface area (Å²) in [4.78, 5) is 56.0. The van der Waals surface area contributed by atoms with Gasteiger partial charge in [0.05, 0.1) is 29.5 Å². The lowest BCUT2D eigenvalue weighted by Crippen LogP contribution is -2.65. The van der Waals surface area contributed by atoms with Gasteiger partial charge in [0, 0.05) is 35.7 Å². The second-order valence-electron chi connectivity index (χ2n) is 12.5. The van der Waals surface area contributed by atoms with Crippen molar-refractivity contribution in [2.24, 2.45) is 0 Å². The number of carbonyl (C=O) groups is 5. The number of fused-ring (bicyclic) bond motifs is 6. The number of esters is 1. The highest BCUT2D eigenvalue weighted by atomic mass is 35.5. The SMILES string of the molecule is CC(=O)N[C@H]1[C@H](Oc2cccc3c2C(=O)OC32c3cc(Cl)c(O)cc3Oc3cc(O)c(Cl)cc32)O[C@H](CO)[C@@H](O)[C@@H]1O.O=C(O)CC(O)(CC(=O)O)C(=O)O. The van der Waals surface area contributed by atoms with Gasteiger partial charge in [-0.3, -0.25) is 14.4 Å². The first-order chi connectivity index (χ1) is 25.7. The molecule has 294 valence electrons. The van der Waals surface area contributed by atoms with Crippen LogP contribution in [0.3, 0.4) is 0 Å². The lowest BCUT2D eigenvalue weighted by molar-refractivity contribution is -0.244. The summed E-state index contributed by atoms with van der Waals surface area (Å²) >= 11 is 12.5. The summed E-state index contributed by atoms with van der Waals surface area (Å²) < 4.78 is 23.7. The van der Waals surface area contributed by atoms with Gasteiger partial charge in [-0.2, -0.15) is 0 Å². The standard InChI is InChI=1S/C28H23Cl2NO11.C6H8O7/c1-10(33)31-23-25(37)24(36)21(9-32)41-27(23)40-18-4-2-3-11-22(18)26(38)42-28(11)12-5-14(29)16(34)7-19(12)39-20-8-17(35)15(30)6-13(20)28;7-3(8)1-6(13,5(11)12)2-4(9)10/h2-8,21,23-25,27,32,34-37H,9H2,1H3,(H,31,33);13H,1-2H2,(H,7,8)(H,9,10)(H,11,12)/t21-,23-,24-,25-,27-;/m1./s1. The van der Waals surface area contributed by atoms with E-state index in [1.54, 1.807) is 12.1 Å². The molecule has 5 atom stereocenters. The summed E-state index contributed by atoms with van der Waals surface area (Å²) in [7, 11) is 0. The highest BCUT2D eigenvalue weighted by Gasteiger charge is 2.56. The van der Waals surface area contributed by atoms with Crippen molar-refractivity contribution < 1.29 is 88.9 Å². The molecular formula is C34H31Cl2NO18. The van der Waals surface area contributed by atoms with Crippen LogP contribution in [0.2, 0.25) is 10.0 Å². The summed E-state index contributed by atoms with van der Waals surface area (Å²) in [6.45, 7) is 0.527. The van der Waals surface area contributed by atoms with Crippen LogP contribution in [0, 0.1) is 0 Å². The summed E-state index contributed by atoms with van der Waals surface area (Å²) in [6, 6.07) is 8.56. The van der Waals surface area contributed by atoms with Crippen LogP contribution in [0.15, 0.2) is 42.5 Å². The molecule has 55 heavy (non-hydrogen) atoms. The van der Waals surface area contributed by atoms with E-state index in [9.17, 15) is 49.5 Å². The van der Waals surface area contributed by atoms with Crippen LogP contribution in [-0.2, 0) is 34.3 Å². The molecule has 0 aromatic heterocycles. The zero-order valence-corrected chi connectivity index (χ0v) is 29.5. The Morgan fingerprint density at radius 1 is 0.891 bits per heavy atom. The molecule has 3 aromatic rings. The number of aromatic hydroxyl groups is 2. The van der Waals surface area contributed by atoms with Crippen molar-refractivity contribution in [3.63, 3.8) is 0 Å². The van der Waals surface area contributed by atoms with E-state index in [1.165, 1.54) is 37.3 Å². The number of carboxylic acids is 3. The Morgan fingerprint density at radius 2 is 1.44 bits per heavy atom. The number of phenols is 2. The van der Waals surface area contributed by atoms with E-state index in [0.717, 1.165) is 0 Å². The topological polar surface area (TPSA) is 316 Å². The van der Waals surface area contributed by atoms with Gasteiger partial charge in [-0.25, -0.2) is 9.59 Å². The summed E-state index contributed by atoms with van der Waals surface area (Å²) in [5.41, 5.74) is -3.78.